The molecule has 0 radical (unpaired) electrons. The average molecular weight is 422 g/mol. The molecular weight excluding hydrogens is 394 g/mol. The highest BCUT2D eigenvalue weighted by atomic mass is 32.2. The van der Waals surface area contributed by atoms with Gasteiger partial charge in [0, 0.05) is 6.04 Å². The molecule has 1 heterocycles. The van der Waals surface area contributed by atoms with Crippen LogP contribution in [-0.4, -0.2) is 27.3 Å². The molecule has 1 aromatic heterocycles. The van der Waals surface area contributed by atoms with Gasteiger partial charge in [-0.3, -0.25) is 14.2 Å². The zero-order valence-electron chi connectivity index (χ0n) is 17.4. The van der Waals surface area contributed by atoms with E-state index in [9.17, 15) is 9.59 Å². The lowest BCUT2D eigenvalue weighted by Crippen LogP contribution is -2.41. The molecule has 0 bridgehead atoms. The molecule has 4 rings (SSSR count). The van der Waals surface area contributed by atoms with Gasteiger partial charge in [-0.15, -0.1) is 0 Å². The highest BCUT2D eigenvalue weighted by molar-refractivity contribution is 7.99. The van der Waals surface area contributed by atoms with Gasteiger partial charge < -0.3 is 5.32 Å². The van der Waals surface area contributed by atoms with Crippen molar-refractivity contribution in [1.82, 2.24) is 14.9 Å². The van der Waals surface area contributed by atoms with Gasteiger partial charge in [-0.1, -0.05) is 55.8 Å². The maximum atomic E-state index is 13.3. The summed E-state index contributed by atoms with van der Waals surface area (Å²) in [5.74, 6) is 0.744. The first-order valence-electron chi connectivity index (χ1n) is 10.5. The van der Waals surface area contributed by atoms with Gasteiger partial charge in [0.2, 0.25) is 5.91 Å². The molecule has 0 spiro atoms. The molecule has 0 aliphatic heterocycles. The lowest BCUT2D eigenvalue weighted by Gasteiger charge is -2.29. The number of thioether (sulfide) groups is 1. The lowest BCUT2D eigenvalue weighted by atomic mass is 9.86. The Hall–Kier alpha value is -2.60. The van der Waals surface area contributed by atoms with E-state index in [1.807, 2.05) is 49.4 Å². The highest BCUT2D eigenvalue weighted by Gasteiger charge is 2.23. The van der Waals surface area contributed by atoms with Crippen LogP contribution in [0.15, 0.2) is 58.5 Å². The molecule has 5 nitrogen and oxygen atoms in total. The molecule has 1 saturated carbocycles. The minimum absolute atomic E-state index is 0.00282. The Labute approximate surface area is 180 Å². The zero-order valence-corrected chi connectivity index (χ0v) is 18.2. The average Bonchev–Trinajstić information content (AvgIpc) is 2.74. The first-order chi connectivity index (χ1) is 14.5. The Morgan fingerprint density at radius 3 is 2.77 bits per heavy atom. The highest BCUT2D eigenvalue weighted by Crippen LogP contribution is 2.25. The minimum Gasteiger partial charge on any atom is -0.352 e. The number of fused-ring (bicyclic) bond motifs is 1. The Balaban J connectivity index is 1.63. The third kappa shape index (κ3) is 4.43. The van der Waals surface area contributed by atoms with Gasteiger partial charge in [-0.25, -0.2) is 4.98 Å². The molecule has 2 atom stereocenters. The standard InChI is InChI=1S/C24H27N3O2S/c1-16-8-7-10-18(14-16)27-23(29)19-11-4-6-13-21(19)26-24(27)30-15-22(28)25-20-12-5-3-9-17(20)2/h4,6-8,10-11,13-14,17,20H,3,5,9,12,15H2,1-2H3,(H,25,28)/t17-,20+/m1/s1. The zero-order chi connectivity index (χ0) is 21.1. The number of aromatic nitrogens is 2. The summed E-state index contributed by atoms with van der Waals surface area (Å²) >= 11 is 1.31. The van der Waals surface area contributed by atoms with Gasteiger partial charge in [0.05, 0.1) is 22.3 Å². The Morgan fingerprint density at radius 2 is 1.97 bits per heavy atom. The molecule has 156 valence electrons. The second kappa shape index (κ2) is 9.04. The van der Waals surface area contributed by atoms with Crippen LogP contribution in [0.1, 0.15) is 38.2 Å². The van der Waals surface area contributed by atoms with Crippen LogP contribution >= 0.6 is 11.8 Å². The number of hydrogen-bond acceptors (Lipinski definition) is 4. The van der Waals surface area contributed by atoms with Crippen molar-refractivity contribution in [1.29, 1.82) is 0 Å². The molecule has 1 amide bonds. The summed E-state index contributed by atoms with van der Waals surface area (Å²) in [5, 5.41) is 4.30. The van der Waals surface area contributed by atoms with Crippen LogP contribution in [0.5, 0.6) is 0 Å². The van der Waals surface area contributed by atoms with Crippen LogP contribution in [0.2, 0.25) is 0 Å². The summed E-state index contributed by atoms with van der Waals surface area (Å²) in [7, 11) is 0. The summed E-state index contributed by atoms with van der Waals surface area (Å²) in [5.41, 5.74) is 2.36. The van der Waals surface area contributed by atoms with E-state index in [1.54, 1.807) is 10.6 Å². The third-order valence-corrected chi connectivity index (χ3v) is 6.73. The number of rotatable bonds is 5. The van der Waals surface area contributed by atoms with Crippen molar-refractivity contribution in [3.63, 3.8) is 0 Å². The van der Waals surface area contributed by atoms with Crippen LogP contribution in [0.3, 0.4) is 0 Å². The Morgan fingerprint density at radius 1 is 1.17 bits per heavy atom. The number of carbonyl (C=O) groups excluding carboxylic acids is 1. The van der Waals surface area contributed by atoms with E-state index in [2.05, 4.69) is 12.2 Å². The maximum Gasteiger partial charge on any atom is 0.266 e. The van der Waals surface area contributed by atoms with E-state index in [1.165, 1.54) is 24.6 Å². The number of amides is 1. The summed E-state index contributed by atoms with van der Waals surface area (Å²) in [6.45, 7) is 4.20. The van der Waals surface area contributed by atoms with Crippen molar-refractivity contribution in [2.45, 2.75) is 50.7 Å². The fourth-order valence-electron chi connectivity index (χ4n) is 4.11. The summed E-state index contributed by atoms with van der Waals surface area (Å²) in [6.07, 6.45) is 4.62. The number of para-hydroxylation sites is 1. The fraction of sp³-hybridized carbons (Fsp3) is 0.375. The molecule has 2 aromatic carbocycles. The summed E-state index contributed by atoms with van der Waals surface area (Å²) in [4.78, 5) is 30.6. The Kier molecular flexibility index (Phi) is 6.23. The van der Waals surface area contributed by atoms with Gasteiger partial charge in [0.25, 0.3) is 5.56 Å². The van der Waals surface area contributed by atoms with Gasteiger partial charge in [-0.05, 0) is 55.5 Å². The quantitative estimate of drug-likeness (QED) is 0.487. The van der Waals surface area contributed by atoms with Crippen molar-refractivity contribution >= 4 is 28.6 Å². The molecule has 0 unspecified atom stereocenters. The number of aryl methyl sites for hydroxylation is 1. The Bertz CT molecular complexity index is 1120. The second-order valence-electron chi connectivity index (χ2n) is 8.12. The largest absolute Gasteiger partial charge is 0.352 e. The van der Waals surface area contributed by atoms with Crippen molar-refractivity contribution < 1.29 is 4.79 Å². The van der Waals surface area contributed by atoms with Crippen molar-refractivity contribution in [3.8, 4) is 5.69 Å². The van der Waals surface area contributed by atoms with Crippen LogP contribution in [0.25, 0.3) is 16.6 Å². The smallest absolute Gasteiger partial charge is 0.266 e. The SMILES string of the molecule is Cc1cccc(-n2c(SCC(=O)N[C@H]3CCCC[C@H]3C)nc3ccccc3c2=O)c1. The van der Waals surface area contributed by atoms with E-state index in [0.717, 1.165) is 24.1 Å². The van der Waals surface area contributed by atoms with E-state index in [4.69, 9.17) is 4.98 Å². The number of hydrogen-bond donors (Lipinski definition) is 1. The molecule has 1 aliphatic carbocycles. The molecular formula is C24H27N3O2S. The third-order valence-electron chi connectivity index (χ3n) is 5.80. The first-order valence-corrected chi connectivity index (χ1v) is 11.5. The van der Waals surface area contributed by atoms with Gasteiger partial charge in [0.1, 0.15) is 0 Å². The van der Waals surface area contributed by atoms with E-state index in [0.29, 0.717) is 22.0 Å². The number of benzene rings is 2. The number of nitrogens with zero attached hydrogens (tertiary/aromatic N) is 2. The molecule has 1 N–H and O–H groups in total. The monoisotopic (exact) mass is 421 g/mol. The van der Waals surface area contributed by atoms with Gasteiger partial charge in [0.15, 0.2) is 5.16 Å². The van der Waals surface area contributed by atoms with Gasteiger partial charge in [-0.2, -0.15) is 0 Å². The molecule has 0 saturated heterocycles. The number of nitrogens with one attached hydrogen (secondary N) is 1. The molecule has 1 fully saturated rings. The van der Waals surface area contributed by atoms with E-state index < -0.39 is 0 Å². The van der Waals surface area contributed by atoms with Crippen molar-refractivity contribution in [3.05, 3.63) is 64.4 Å². The van der Waals surface area contributed by atoms with Crippen LogP contribution in [0.4, 0.5) is 0 Å². The van der Waals surface area contributed by atoms with E-state index >= 15 is 0 Å². The maximum absolute atomic E-state index is 13.3. The normalized spacial score (nSPS) is 19.0. The lowest BCUT2D eigenvalue weighted by molar-refractivity contribution is -0.119. The summed E-state index contributed by atoms with van der Waals surface area (Å²) in [6, 6.07) is 15.4. The predicted octanol–water partition coefficient (Wildman–Crippen LogP) is 4.48. The predicted molar refractivity (Wildman–Crippen MR) is 122 cm³/mol. The molecule has 3 aromatic rings. The topological polar surface area (TPSA) is 64.0 Å². The second-order valence-corrected chi connectivity index (χ2v) is 9.06. The molecule has 1 aliphatic rings. The number of carbonyl (C=O) groups is 1. The molecule has 6 heteroatoms. The van der Waals surface area contributed by atoms with Crippen LogP contribution in [0, 0.1) is 12.8 Å². The first kappa shape index (κ1) is 20.7. The summed E-state index contributed by atoms with van der Waals surface area (Å²) < 4.78 is 1.62. The van der Waals surface area contributed by atoms with Crippen molar-refractivity contribution in [2.75, 3.05) is 5.75 Å². The molecule has 30 heavy (non-hydrogen) atoms. The van der Waals surface area contributed by atoms with Crippen molar-refractivity contribution in [2.24, 2.45) is 5.92 Å². The van der Waals surface area contributed by atoms with E-state index in [-0.39, 0.29) is 23.3 Å². The van der Waals surface area contributed by atoms with Gasteiger partial charge >= 0.3 is 0 Å². The minimum atomic E-state index is -0.116. The van der Waals surface area contributed by atoms with Crippen LogP contribution < -0.4 is 10.9 Å². The fourth-order valence-corrected chi connectivity index (χ4v) is 4.94. The van der Waals surface area contributed by atoms with Crippen LogP contribution in [-0.2, 0) is 4.79 Å².